The van der Waals surface area contributed by atoms with Gasteiger partial charge in [0.1, 0.15) is 0 Å². The number of rotatable bonds is 4. The molecule has 0 unspecified atom stereocenters. The van der Waals surface area contributed by atoms with E-state index >= 15 is 0 Å². The summed E-state index contributed by atoms with van der Waals surface area (Å²) < 4.78 is 10.6. The van der Waals surface area contributed by atoms with Crippen LogP contribution in [0.5, 0.6) is 0 Å². The molecule has 0 amide bonds. The predicted octanol–water partition coefficient (Wildman–Crippen LogP) is 2.50. The molecule has 23 heavy (non-hydrogen) atoms. The van der Waals surface area contributed by atoms with Gasteiger partial charge < -0.3 is 13.8 Å². The SMILES string of the molecule is C[C@@H]1CN(Cc2nc(-c3ccco3)no2)CCN1c1nccs1. The molecule has 4 heterocycles. The second-order valence-corrected chi connectivity index (χ2v) is 6.45. The van der Waals surface area contributed by atoms with Crippen LogP contribution >= 0.6 is 11.3 Å². The van der Waals surface area contributed by atoms with Crippen molar-refractivity contribution in [1.29, 1.82) is 0 Å². The zero-order valence-electron chi connectivity index (χ0n) is 12.8. The van der Waals surface area contributed by atoms with Crippen LogP contribution in [-0.2, 0) is 6.54 Å². The summed E-state index contributed by atoms with van der Waals surface area (Å²) in [6, 6.07) is 4.04. The highest BCUT2D eigenvalue weighted by Gasteiger charge is 2.26. The topological polar surface area (TPSA) is 71.4 Å². The van der Waals surface area contributed by atoms with Gasteiger partial charge in [-0.2, -0.15) is 4.98 Å². The molecule has 0 aliphatic carbocycles. The van der Waals surface area contributed by atoms with E-state index in [0.717, 1.165) is 24.8 Å². The molecule has 0 spiro atoms. The summed E-state index contributed by atoms with van der Waals surface area (Å²) >= 11 is 1.69. The summed E-state index contributed by atoms with van der Waals surface area (Å²) in [5.41, 5.74) is 0. The fourth-order valence-corrected chi connectivity index (χ4v) is 3.61. The number of piperazine rings is 1. The average molecular weight is 331 g/mol. The molecule has 1 atom stereocenters. The third-order valence-electron chi connectivity index (χ3n) is 3.95. The van der Waals surface area contributed by atoms with Gasteiger partial charge in [0, 0.05) is 37.3 Å². The maximum absolute atomic E-state index is 5.34. The zero-order chi connectivity index (χ0) is 15.6. The van der Waals surface area contributed by atoms with Gasteiger partial charge in [-0.3, -0.25) is 4.90 Å². The van der Waals surface area contributed by atoms with Gasteiger partial charge in [0.05, 0.1) is 12.8 Å². The van der Waals surface area contributed by atoms with E-state index in [1.807, 2.05) is 23.7 Å². The smallest absolute Gasteiger partial charge is 0.241 e. The Morgan fingerprint density at radius 2 is 2.35 bits per heavy atom. The highest BCUT2D eigenvalue weighted by molar-refractivity contribution is 7.13. The van der Waals surface area contributed by atoms with E-state index in [4.69, 9.17) is 8.94 Å². The molecule has 7 nitrogen and oxygen atoms in total. The first-order valence-corrected chi connectivity index (χ1v) is 8.42. The largest absolute Gasteiger partial charge is 0.461 e. The first kappa shape index (κ1) is 14.4. The van der Waals surface area contributed by atoms with Crippen LogP contribution in [0.25, 0.3) is 11.6 Å². The molecule has 120 valence electrons. The lowest BCUT2D eigenvalue weighted by Crippen LogP contribution is -2.51. The predicted molar refractivity (Wildman–Crippen MR) is 86.2 cm³/mol. The summed E-state index contributed by atoms with van der Waals surface area (Å²) in [7, 11) is 0. The fourth-order valence-electron chi connectivity index (χ4n) is 2.83. The molecule has 0 N–H and O–H groups in total. The molecule has 0 bridgehead atoms. The molecule has 3 aromatic heterocycles. The van der Waals surface area contributed by atoms with Crippen molar-refractivity contribution < 1.29 is 8.94 Å². The average Bonchev–Trinajstić information content (AvgIpc) is 3.30. The molecular weight excluding hydrogens is 314 g/mol. The van der Waals surface area contributed by atoms with Crippen molar-refractivity contribution >= 4 is 16.5 Å². The van der Waals surface area contributed by atoms with Crippen molar-refractivity contribution in [2.45, 2.75) is 19.5 Å². The molecule has 0 aromatic carbocycles. The monoisotopic (exact) mass is 331 g/mol. The molecular formula is C15H17N5O2S. The summed E-state index contributed by atoms with van der Waals surface area (Å²) in [5.74, 6) is 1.74. The molecule has 1 saturated heterocycles. The minimum atomic E-state index is 0.405. The number of nitrogens with zero attached hydrogens (tertiary/aromatic N) is 5. The maximum atomic E-state index is 5.34. The molecule has 1 aliphatic rings. The van der Waals surface area contributed by atoms with E-state index in [-0.39, 0.29) is 0 Å². The number of furan rings is 1. The van der Waals surface area contributed by atoms with Crippen molar-refractivity contribution in [2.24, 2.45) is 0 Å². The lowest BCUT2D eigenvalue weighted by molar-refractivity contribution is 0.194. The van der Waals surface area contributed by atoms with E-state index in [0.29, 0.717) is 30.1 Å². The summed E-state index contributed by atoms with van der Waals surface area (Å²) in [6.07, 6.45) is 3.46. The summed E-state index contributed by atoms with van der Waals surface area (Å²) in [6.45, 7) is 5.72. The number of aromatic nitrogens is 3. The molecule has 8 heteroatoms. The van der Waals surface area contributed by atoms with Crippen LogP contribution in [0.2, 0.25) is 0 Å². The van der Waals surface area contributed by atoms with E-state index in [1.54, 1.807) is 17.6 Å². The summed E-state index contributed by atoms with van der Waals surface area (Å²) in [4.78, 5) is 13.5. The van der Waals surface area contributed by atoms with Crippen LogP contribution in [0.15, 0.2) is 38.9 Å². The van der Waals surface area contributed by atoms with Gasteiger partial charge >= 0.3 is 0 Å². The van der Waals surface area contributed by atoms with E-state index in [9.17, 15) is 0 Å². The van der Waals surface area contributed by atoms with Crippen molar-refractivity contribution in [3.63, 3.8) is 0 Å². The standard InChI is InChI=1S/C15H17N5O2S/c1-11-9-19(5-6-20(11)15-16-4-8-23-15)10-13-17-14(18-22-13)12-3-2-7-21-12/h2-4,7-8,11H,5-6,9-10H2,1H3/t11-/m1/s1. The fraction of sp³-hybridized carbons (Fsp3) is 0.400. The van der Waals surface area contributed by atoms with Crippen molar-refractivity contribution in [2.75, 3.05) is 24.5 Å². The van der Waals surface area contributed by atoms with Crippen molar-refractivity contribution in [3.05, 3.63) is 35.9 Å². The van der Waals surface area contributed by atoms with Crippen molar-refractivity contribution in [3.8, 4) is 11.6 Å². The highest BCUT2D eigenvalue weighted by Crippen LogP contribution is 2.23. The van der Waals surface area contributed by atoms with Crippen LogP contribution in [0.4, 0.5) is 5.13 Å². The van der Waals surface area contributed by atoms with Crippen LogP contribution in [0.1, 0.15) is 12.8 Å². The Morgan fingerprint density at radius 1 is 1.39 bits per heavy atom. The Balaban J connectivity index is 1.39. The molecule has 1 fully saturated rings. The number of hydrogen-bond acceptors (Lipinski definition) is 8. The minimum absolute atomic E-state index is 0.405. The van der Waals surface area contributed by atoms with Crippen LogP contribution in [-0.4, -0.2) is 45.7 Å². The zero-order valence-corrected chi connectivity index (χ0v) is 13.6. The van der Waals surface area contributed by atoms with E-state index in [2.05, 4.69) is 31.8 Å². The Kier molecular flexibility index (Phi) is 3.84. The Hall–Kier alpha value is -2.19. The van der Waals surface area contributed by atoms with Gasteiger partial charge in [-0.05, 0) is 19.1 Å². The lowest BCUT2D eigenvalue weighted by atomic mass is 10.2. The molecule has 1 aliphatic heterocycles. The van der Waals surface area contributed by atoms with Crippen LogP contribution < -0.4 is 4.90 Å². The first-order chi connectivity index (χ1) is 11.3. The van der Waals surface area contributed by atoms with E-state index in [1.165, 1.54) is 0 Å². The van der Waals surface area contributed by atoms with Gasteiger partial charge in [0.25, 0.3) is 0 Å². The van der Waals surface area contributed by atoms with Crippen LogP contribution in [0.3, 0.4) is 0 Å². The van der Waals surface area contributed by atoms with Gasteiger partial charge in [-0.15, -0.1) is 11.3 Å². The highest BCUT2D eigenvalue weighted by atomic mass is 32.1. The third kappa shape index (κ3) is 2.99. The second-order valence-electron chi connectivity index (χ2n) is 5.58. The second kappa shape index (κ2) is 6.13. The Labute approximate surface area is 137 Å². The maximum Gasteiger partial charge on any atom is 0.241 e. The van der Waals surface area contributed by atoms with Gasteiger partial charge in [0.15, 0.2) is 10.9 Å². The lowest BCUT2D eigenvalue weighted by Gasteiger charge is -2.39. The van der Waals surface area contributed by atoms with E-state index < -0.39 is 0 Å². The number of anilines is 1. The molecule has 4 rings (SSSR count). The van der Waals surface area contributed by atoms with Crippen molar-refractivity contribution in [1.82, 2.24) is 20.0 Å². The Morgan fingerprint density at radius 3 is 3.09 bits per heavy atom. The quantitative estimate of drug-likeness (QED) is 0.727. The number of hydrogen-bond donors (Lipinski definition) is 0. The third-order valence-corrected chi connectivity index (χ3v) is 4.75. The molecule has 0 radical (unpaired) electrons. The van der Waals surface area contributed by atoms with Gasteiger partial charge in [-0.25, -0.2) is 4.98 Å². The van der Waals surface area contributed by atoms with Gasteiger partial charge in [-0.1, -0.05) is 5.16 Å². The summed E-state index contributed by atoms with van der Waals surface area (Å²) in [5, 5.41) is 7.08. The van der Waals surface area contributed by atoms with Crippen LogP contribution in [0, 0.1) is 0 Å². The van der Waals surface area contributed by atoms with Gasteiger partial charge in [0.2, 0.25) is 11.7 Å². The Bertz CT molecular complexity index is 740. The minimum Gasteiger partial charge on any atom is -0.461 e. The molecule has 3 aromatic rings. The molecule has 0 saturated carbocycles. The first-order valence-electron chi connectivity index (χ1n) is 7.54. The number of thiazole rings is 1. The normalized spacial score (nSPS) is 19.3.